The molecule has 0 saturated carbocycles. The monoisotopic (exact) mass is 216 g/mol. The summed E-state index contributed by atoms with van der Waals surface area (Å²) in [5, 5.41) is 0.577. The van der Waals surface area contributed by atoms with Crippen LogP contribution in [0.15, 0.2) is 29.3 Å². The van der Waals surface area contributed by atoms with Gasteiger partial charge in [0.15, 0.2) is 0 Å². The Morgan fingerprint density at radius 2 is 2.31 bits per heavy atom. The highest BCUT2D eigenvalue weighted by Crippen LogP contribution is 2.18. The van der Waals surface area contributed by atoms with Gasteiger partial charge in [-0.3, -0.25) is 4.21 Å². The Bertz CT molecular complexity index is 365. The molecule has 0 aliphatic heterocycles. The molecule has 3 nitrogen and oxygen atoms in total. The van der Waals surface area contributed by atoms with Crippen molar-refractivity contribution in [2.75, 3.05) is 0 Å². The van der Waals surface area contributed by atoms with Crippen molar-refractivity contribution >= 4 is 33.4 Å². The molecule has 0 aromatic heterocycles. The summed E-state index contributed by atoms with van der Waals surface area (Å²) in [4.78, 5) is 3.84. The molecule has 0 spiro atoms. The number of hydrogen-bond acceptors (Lipinski definition) is 3. The molecule has 13 heavy (non-hydrogen) atoms. The number of aliphatic imine (C=N–C) groups is 1. The van der Waals surface area contributed by atoms with Gasteiger partial charge < -0.3 is 4.55 Å². The van der Waals surface area contributed by atoms with Crippen molar-refractivity contribution in [1.29, 1.82) is 0 Å². The number of halogens is 1. The molecule has 0 amide bonds. The van der Waals surface area contributed by atoms with E-state index in [1.165, 1.54) is 6.92 Å². The Balaban J connectivity index is 2.97. The minimum Gasteiger partial charge on any atom is -0.767 e. The Labute approximate surface area is 83.7 Å². The third-order valence-corrected chi connectivity index (χ3v) is 2.14. The molecule has 0 heterocycles. The molecule has 70 valence electrons. The van der Waals surface area contributed by atoms with Crippen LogP contribution in [0.1, 0.15) is 6.92 Å². The summed E-state index contributed by atoms with van der Waals surface area (Å²) in [5.41, 5.74) is 0.536. The largest absolute Gasteiger partial charge is 0.767 e. The quantitative estimate of drug-likeness (QED) is 0.411. The van der Waals surface area contributed by atoms with Crippen molar-refractivity contribution in [3.8, 4) is 0 Å². The van der Waals surface area contributed by atoms with E-state index in [2.05, 4.69) is 4.99 Å². The Kier molecular flexibility index (Phi) is 3.59. The Hall–Kier alpha value is -0.710. The van der Waals surface area contributed by atoms with Crippen LogP contribution in [0.5, 0.6) is 0 Å². The molecule has 0 fully saturated rings. The van der Waals surface area contributed by atoms with E-state index in [0.717, 1.165) is 0 Å². The van der Waals surface area contributed by atoms with E-state index in [4.69, 9.17) is 11.6 Å². The van der Waals surface area contributed by atoms with Gasteiger partial charge in [0.1, 0.15) is 0 Å². The average molecular weight is 217 g/mol. The van der Waals surface area contributed by atoms with Crippen LogP contribution in [0, 0.1) is 0 Å². The third kappa shape index (κ3) is 3.26. The highest BCUT2D eigenvalue weighted by Gasteiger charge is 1.93. The molecule has 0 bridgehead atoms. The van der Waals surface area contributed by atoms with Crippen LogP contribution in [0.3, 0.4) is 0 Å². The number of rotatable bonds is 1. The standard InChI is InChI=1S/C8H8ClNO2S/c1-6(13(11)12)10-8-4-2-3-7(9)5-8/h2-5H,1H3,(H,11,12)/p-1. The summed E-state index contributed by atoms with van der Waals surface area (Å²) in [5.74, 6) is 0. The van der Waals surface area contributed by atoms with Gasteiger partial charge in [0.05, 0.1) is 10.7 Å². The SMILES string of the molecule is CC(=Nc1cccc(Cl)c1)S(=O)[O-]. The fourth-order valence-electron chi connectivity index (χ4n) is 0.765. The van der Waals surface area contributed by atoms with Gasteiger partial charge in [0.2, 0.25) is 0 Å². The van der Waals surface area contributed by atoms with Crippen molar-refractivity contribution in [2.45, 2.75) is 6.92 Å². The molecule has 1 unspecified atom stereocenters. The zero-order valence-corrected chi connectivity index (χ0v) is 8.43. The van der Waals surface area contributed by atoms with E-state index in [9.17, 15) is 8.76 Å². The van der Waals surface area contributed by atoms with Crippen molar-refractivity contribution in [2.24, 2.45) is 4.99 Å². The van der Waals surface area contributed by atoms with Crippen LogP contribution < -0.4 is 0 Å². The smallest absolute Gasteiger partial charge is 0.0878 e. The molecule has 1 rings (SSSR count). The Morgan fingerprint density at radius 1 is 1.62 bits per heavy atom. The van der Waals surface area contributed by atoms with E-state index < -0.39 is 11.1 Å². The van der Waals surface area contributed by atoms with Crippen LogP contribution in [-0.4, -0.2) is 13.8 Å². The molecule has 0 radical (unpaired) electrons. The molecular formula is C8H7ClNO2S-. The molecule has 1 atom stereocenters. The molecule has 1 aromatic carbocycles. The maximum atomic E-state index is 10.4. The van der Waals surface area contributed by atoms with E-state index >= 15 is 0 Å². The summed E-state index contributed by atoms with van der Waals surface area (Å²) in [6.45, 7) is 1.42. The van der Waals surface area contributed by atoms with E-state index in [1.807, 2.05) is 0 Å². The Morgan fingerprint density at radius 3 is 2.85 bits per heavy atom. The molecule has 0 aliphatic carbocycles. The zero-order valence-electron chi connectivity index (χ0n) is 6.86. The van der Waals surface area contributed by atoms with Gasteiger partial charge in [0, 0.05) is 5.02 Å². The predicted octanol–water partition coefficient (Wildman–Crippen LogP) is 2.27. The summed E-state index contributed by atoms with van der Waals surface area (Å²) < 4.78 is 20.8. The molecular weight excluding hydrogens is 210 g/mol. The van der Waals surface area contributed by atoms with Crippen molar-refractivity contribution < 1.29 is 8.76 Å². The van der Waals surface area contributed by atoms with E-state index in [0.29, 0.717) is 10.7 Å². The van der Waals surface area contributed by atoms with Crippen LogP contribution in [0.2, 0.25) is 5.02 Å². The van der Waals surface area contributed by atoms with Crippen molar-refractivity contribution in [3.63, 3.8) is 0 Å². The normalized spacial score (nSPS) is 14.2. The molecule has 0 saturated heterocycles. The van der Waals surface area contributed by atoms with Gasteiger partial charge in [0.25, 0.3) is 0 Å². The lowest BCUT2D eigenvalue weighted by Gasteiger charge is -2.03. The minimum atomic E-state index is -2.26. The van der Waals surface area contributed by atoms with Crippen LogP contribution in [0.25, 0.3) is 0 Å². The lowest BCUT2D eigenvalue weighted by Crippen LogP contribution is -1.99. The highest BCUT2D eigenvalue weighted by molar-refractivity contribution is 7.95. The van der Waals surface area contributed by atoms with Crippen LogP contribution >= 0.6 is 11.6 Å². The first-order chi connectivity index (χ1) is 6.09. The van der Waals surface area contributed by atoms with Gasteiger partial charge >= 0.3 is 0 Å². The second kappa shape index (κ2) is 4.50. The lowest BCUT2D eigenvalue weighted by molar-refractivity contribution is 0.549. The van der Waals surface area contributed by atoms with Crippen molar-refractivity contribution in [3.05, 3.63) is 29.3 Å². The van der Waals surface area contributed by atoms with Crippen LogP contribution in [0.4, 0.5) is 5.69 Å². The number of hydrogen-bond donors (Lipinski definition) is 0. The lowest BCUT2D eigenvalue weighted by atomic mass is 10.3. The summed E-state index contributed by atoms with van der Waals surface area (Å²) in [6, 6.07) is 6.69. The molecule has 0 aliphatic rings. The summed E-state index contributed by atoms with van der Waals surface area (Å²) in [6.07, 6.45) is 0. The first-order valence-corrected chi connectivity index (χ1v) is 4.95. The predicted molar refractivity (Wildman–Crippen MR) is 53.1 cm³/mol. The molecule has 1 aromatic rings. The highest BCUT2D eigenvalue weighted by atomic mass is 35.5. The van der Waals surface area contributed by atoms with E-state index in [1.54, 1.807) is 24.3 Å². The van der Waals surface area contributed by atoms with Gasteiger partial charge in [-0.25, -0.2) is 4.99 Å². The third-order valence-electron chi connectivity index (χ3n) is 1.34. The fraction of sp³-hybridized carbons (Fsp3) is 0.125. The molecule has 5 heteroatoms. The van der Waals surface area contributed by atoms with Gasteiger partial charge in [-0.15, -0.1) is 0 Å². The first kappa shape index (κ1) is 10.4. The fourth-order valence-corrected chi connectivity index (χ4v) is 1.13. The average Bonchev–Trinajstić information content (AvgIpc) is 2.04. The second-order valence-electron chi connectivity index (χ2n) is 2.35. The zero-order chi connectivity index (χ0) is 9.84. The van der Waals surface area contributed by atoms with Crippen molar-refractivity contribution in [1.82, 2.24) is 0 Å². The van der Waals surface area contributed by atoms with Gasteiger partial charge in [-0.1, -0.05) is 17.7 Å². The summed E-state index contributed by atoms with van der Waals surface area (Å²) in [7, 11) is 0. The first-order valence-electron chi connectivity index (χ1n) is 3.50. The maximum Gasteiger partial charge on any atom is 0.0878 e. The minimum absolute atomic E-state index is 0.0438. The summed E-state index contributed by atoms with van der Waals surface area (Å²) >= 11 is 3.42. The molecule has 0 N–H and O–H groups in total. The van der Waals surface area contributed by atoms with Crippen LogP contribution in [-0.2, 0) is 11.1 Å². The number of nitrogens with zero attached hydrogens (tertiary/aromatic N) is 1. The number of benzene rings is 1. The topological polar surface area (TPSA) is 52.5 Å². The van der Waals surface area contributed by atoms with Gasteiger partial charge in [-0.2, -0.15) is 0 Å². The maximum absolute atomic E-state index is 10.4. The van der Waals surface area contributed by atoms with E-state index in [-0.39, 0.29) is 5.04 Å². The van der Waals surface area contributed by atoms with Gasteiger partial charge in [-0.05, 0) is 36.2 Å². The second-order valence-corrected chi connectivity index (χ2v) is 3.84.